The minimum Gasteiger partial charge on any atom is -0.481 e. The predicted molar refractivity (Wildman–Crippen MR) is 91.4 cm³/mol. The number of hydrogen-bond donors (Lipinski definition) is 2. The Labute approximate surface area is 148 Å². The van der Waals surface area contributed by atoms with Gasteiger partial charge in [-0.1, -0.05) is 17.3 Å². The molecule has 1 aliphatic rings. The third kappa shape index (κ3) is 3.07. The largest absolute Gasteiger partial charge is 0.481 e. The quantitative estimate of drug-likeness (QED) is 0.739. The number of aliphatic carboxylic acids is 1. The number of carboxylic acids is 1. The first-order valence-corrected chi connectivity index (χ1v) is 8.44. The molecular formula is C17H17FN6O2. The van der Waals surface area contributed by atoms with Gasteiger partial charge in [0, 0.05) is 6.04 Å². The zero-order valence-corrected chi connectivity index (χ0v) is 13.8. The van der Waals surface area contributed by atoms with E-state index < -0.39 is 11.8 Å². The van der Waals surface area contributed by atoms with Gasteiger partial charge in [0.1, 0.15) is 5.52 Å². The van der Waals surface area contributed by atoms with Gasteiger partial charge in [0.25, 0.3) is 0 Å². The standard InChI is InChI=1S/C17H17FN6O2/c18-12-9-19-17(20-11-7-5-10(6-8-11)16(25)26)21-15(12)24-14-4-2-1-3-13(14)22-23-24/h1-4,9-11H,5-8H2,(H,25,26)(H,19,20,21)/t10-,11-. The number of halogens is 1. The average Bonchev–Trinajstić information content (AvgIpc) is 3.08. The lowest BCUT2D eigenvalue weighted by molar-refractivity contribution is -0.142. The molecule has 0 unspecified atom stereocenters. The molecule has 0 spiro atoms. The van der Waals surface area contributed by atoms with Crippen molar-refractivity contribution in [3.8, 4) is 5.82 Å². The van der Waals surface area contributed by atoms with Crippen LogP contribution in [0.4, 0.5) is 10.3 Å². The van der Waals surface area contributed by atoms with Gasteiger partial charge in [-0.25, -0.2) is 9.37 Å². The van der Waals surface area contributed by atoms with E-state index in [0.717, 1.165) is 6.20 Å². The lowest BCUT2D eigenvalue weighted by Crippen LogP contribution is -2.30. The number of para-hydroxylation sites is 1. The lowest BCUT2D eigenvalue weighted by atomic mass is 9.86. The van der Waals surface area contributed by atoms with Crippen molar-refractivity contribution in [1.82, 2.24) is 25.0 Å². The number of carbonyl (C=O) groups is 1. The molecule has 0 saturated heterocycles. The summed E-state index contributed by atoms with van der Waals surface area (Å²) in [7, 11) is 0. The summed E-state index contributed by atoms with van der Waals surface area (Å²) < 4.78 is 15.6. The monoisotopic (exact) mass is 356 g/mol. The molecule has 1 aliphatic carbocycles. The van der Waals surface area contributed by atoms with Gasteiger partial charge in [0.05, 0.1) is 17.6 Å². The highest BCUT2D eigenvalue weighted by atomic mass is 19.1. The van der Waals surface area contributed by atoms with Gasteiger partial charge in [-0.15, -0.1) is 5.10 Å². The van der Waals surface area contributed by atoms with E-state index in [1.807, 2.05) is 12.1 Å². The van der Waals surface area contributed by atoms with Crippen molar-refractivity contribution in [1.29, 1.82) is 0 Å². The molecule has 3 aromatic rings. The fraction of sp³-hybridized carbons (Fsp3) is 0.353. The molecule has 8 nitrogen and oxygen atoms in total. The van der Waals surface area contributed by atoms with E-state index >= 15 is 0 Å². The van der Waals surface area contributed by atoms with E-state index in [1.165, 1.54) is 4.68 Å². The first kappa shape index (κ1) is 16.4. The smallest absolute Gasteiger partial charge is 0.306 e. The molecule has 26 heavy (non-hydrogen) atoms. The van der Waals surface area contributed by atoms with Crippen LogP contribution in [0.5, 0.6) is 0 Å². The summed E-state index contributed by atoms with van der Waals surface area (Å²) in [6, 6.07) is 7.30. The molecule has 2 N–H and O–H groups in total. The van der Waals surface area contributed by atoms with Crippen molar-refractivity contribution in [2.75, 3.05) is 5.32 Å². The number of rotatable bonds is 4. The molecule has 0 amide bonds. The molecule has 2 heterocycles. The van der Waals surface area contributed by atoms with Crippen LogP contribution in [-0.4, -0.2) is 42.1 Å². The van der Waals surface area contributed by atoms with E-state index in [2.05, 4.69) is 25.6 Å². The van der Waals surface area contributed by atoms with Crippen LogP contribution in [0.25, 0.3) is 16.9 Å². The van der Waals surface area contributed by atoms with Gasteiger partial charge in [0.2, 0.25) is 5.95 Å². The van der Waals surface area contributed by atoms with Crippen molar-refractivity contribution in [2.24, 2.45) is 5.92 Å². The Morgan fingerprint density at radius 3 is 2.77 bits per heavy atom. The molecule has 4 rings (SSSR count). The Bertz CT molecular complexity index is 951. The number of benzene rings is 1. The summed E-state index contributed by atoms with van der Waals surface area (Å²) in [5.74, 6) is -1.32. The van der Waals surface area contributed by atoms with E-state index in [9.17, 15) is 9.18 Å². The van der Waals surface area contributed by atoms with Crippen molar-refractivity contribution in [3.05, 3.63) is 36.3 Å². The number of hydrogen-bond acceptors (Lipinski definition) is 6. The van der Waals surface area contributed by atoms with Gasteiger partial charge in [0.15, 0.2) is 11.6 Å². The Hall–Kier alpha value is -3.10. The van der Waals surface area contributed by atoms with E-state index in [0.29, 0.717) is 42.7 Å². The Kier molecular flexibility index (Phi) is 4.19. The van der Waals surface area contributed by atoms with E-state index in [-0.39, 0.29) is 17.8 Å². The van der Waals surface area contributed by atoms with Crippen LogP contribution in [0.1, 0.15) is 25.7 Å². The maximum atomic E-state index is 14.3. The zero-order valence-electron chi connectivity index (χ0n) is 13.8. The molecule has 1 aromatic carbocycles. The molecule has 2 aromatic heterocycles. The van der Waals surface area contributed by atoms with Crippen LogP contribution in [-0.2, 0) is 4.79 Å². The first-order chi connectivity index (χ1) is 12.6. The second-order valence-corrected chi connectivity index (χ2v) is 6.39. The number of aromatic nitrogens is 5. The average molecular weight is 356 g/mol. The highest BCUT2D eigenvalue weighted by molar-refractivity contribution is 5.75. The normalized spacial score (nSPS) is 20.2. The second-order valence-electron chi connectivity index (χ2n) is 6.39. The van der Waals surface area contributed by atoms with Crippen LogP contribution >= 0.6 is 0 Å². The van der Waals surface area contributed by atoms with Crippen molar-refractivity contribution in [3.63, 3.8) is 0 Å². The molecule has 0 atom stereocenters. The van der Waals surface area contributed by atoms with Gasteiger partial charge in [-0.2, -0.15) is 9.67 Å². The third-order valence-corrected chi connectivity index (χ3v) is 4.69. The molecule has 0 aliphatic heterocycles. The lowest BCUT2D eigenvalue weighted by Gasteiger charge is -2.26. The van der Waals surface area contributed by atoms with E-state index in [1.54, 1.807) is 12.1 Å². The maximum Gasteiger partial charge on any atom is 0.306 e. The minimum absolute atomic E-state index is 0.0235. The van der Waals surface area contributed by atoms with Crippen molar-refractivity contribution in [2.45, 2.75) is 31.7 Å². The third-order valence-electron chi connectivity index (χ3n) is 4.69. The highest BCUT2D eigenvalue weighted by Crippen LogP contribution is 2.26. The summed E-state index contributed by atoms with van der Waals surface area (Å²) in [6.07, 6.45) is 3.73. The molecular weight excluding hydrogens is 339 g/mol. The van der Waals surface area contributed by atoms with Crippen molar-refractivity contribution >= 4 is 23.0 Å². The number of anilines is 1. The Morgan fingerprint density at radius 2 is 2.00 bits per heavy atom. The van der Waals surface area contributed by atoms with Crippen LogP contribution < -0.4 is 5.32 Å². The molecule has 1 fully saturated rings. The minimum atomic E-state index is -0.748. The van der Waals surface area contributed by atoms with Gasteiger partial charge < -0.3 is 10.4 Å². The number of fused-ring (bicyclic) bond motifs is 1. The van der Waals surface area contributed by atoms with Crippen LogP contribution in [0.2, 0.25) is 0 Å². The van der Waals surface area contributed by atoms with Crippen LogP contribution in [0.3, 0.4) is 0 Å². The summed E-state index contributed by atoms with van der Waals surface area (Å²) in [6.45, 7) is 0. The van der Waals surface area contributed by atoms with Gasteiger partial charge >= 0.3 is 5.97 Å². The number of nitrogens with one attached hydrogen (secondary N) is 1. The zero-order chi connectivity index (χ0) is 18.1. The van der Waals surface area contributed by atoms with Gasteiger partial charge in [-0.3, -0.25) is 4.79 Å². The number of carboxylic acid groups (broad SMARTS) is 1. The van der Waals surface area contributed by atoms with Crippen LogP contribution in [0.15, 0.2) is 30.5 Å². The Morgan fingerprint density at radius 1 is 1.23 bits per heavy atom. The molecule has 1 saturated carbocycles. The highest BCUT2D eigenvalue weighted by Gasteiger charge is 2.26. The fourth-order valence-electron chi connectivity index (χ4n) is 3.27. The Balaban J connectivity index is 1.56. The fourth-order valence-corrected chi connectivity index (χ4v) is 3.27. The summed E-state index contributed by atoms with van der Waals surface area (Å²) in [5, 5.41) is 20.2. The summed E-state index contributed by atoms with van der Waals surface area (Å²) in [4.78, 5) is 19.3. The number of nitrogens with zero attached hydrogens (tertiary/aromatic N) is 5. The molecule has 9 heteroatoms. The maximum absolute atomic E-state index is 14.3. The summed E-state index contributed by atoms with van der Waals surface area (Å²) in [5.41, 5.74) is 1.30. The molecule has 134 valence electrons. The van der Waals surface area contributed by atoms with Crippen LogP contribution in [0, 0.1) is 11.7 Å². The summed E-state index contributed by atoms with van der Waals surface area (Å²) >= 11 is 0. The topological polar surface area (TPSA) is 106 Å². The van der Waals surface area contributed by atoms with E-state index in [4.69, 9.17) is 5.11 Å². The SMILES string of the molecule is O=C(O)[C@H]1CC[C@H](Nc2ncc(F)c(-n3nnc4ccccc43)n2)CC1. The molecule has 0 bridgehead atoms. The van der Waals surface area contributed by atoms with Gasteiger partial charge in [-0.05, 0) is 37.8 Å². The molecule has 0 radical (unpaired) electrons. The first-order valence-electron chi connectivity index (χ1n) is 8.44. The second kappa shape index (κ2) is 6.66. The van der Waals surface area contributed by atoms with Crippen molar-refractivity contribution < 1.29 is 14.3 Å². The predicted octanol–water partition coefficient (Wildman–Crippen LogP) is 2.40.